The topological polar surface area (TPSA) is 110 Å². The Morgan fingerprint density at radius 2 is 1.57 bits per heavy atom. The van der Waals surface area contributed by atoms with Crippen LogP contribution < -0.4 is 4.74 Å². The van der Waals surface area contributed by atoms with Crippen LogP contribution in [-0.2, 0) is 14.3 Å². The van der Waals surface area contributed by atoms with Gasteiger partial charge in [0.05, 0.1) is 5.57 Å². The molecule has 0 aliphatic rings. The molecule has 0 aromatic heterocycles. The van der Waals surface area contributed by atoms with Gasteiger partial charge in [0, 0.05) is 11.6 Å². The van der Waals surface area contributed by atoms with Gasteiger partial charge < -0.3 is 19.7 Å². The second kappa shape index (κ2) is 11.9. The van der Waals surface area contributed by atoms with Crippen LogP contribution in [0.15, 0.2) is 85.5 Å². The van der Waals surface area contributed by atoms with Crippen molar-refractivity contribution in [2.24, 2.45) is 0 Å². The van der Waals surface area contributed by atoms with Crippen LogP contribution in [0.5, 0.6) is 5.75 Å². The predicted molar refractivity (Wildman–Crippen MR) is 107 cm³/mol. The van der Waals surface area contributed by atoms with Gasteiger partial charge in [-0.2, -0.15) is 0 Å². The van der Waals surface area contributed by atoms with Crippen molar-refractivity contribution < 1.29 is 38.5 Å². The molecule has 2 aromatic carbocycles. The van der Waals surface area contributed by atoms with Gasteiger partial charge in [0.15, 0.2) is 6.61 Å². The summed E-state index contributed by atoms with van der Waals surface area (Å²) in [4.78, 5) is 33.6. The average Bonchev–Trinajstić information content (AvgIpc) is 2.78. The van der Waals surface area contributed by atoms with Gasteiger partial charge in [0.2, 0.25) is 5.78 Å². The molecule has 2 aromatic rings. The first-order valence-electron chi connectivity index (χ1n) is 8.56. The number of carboxylic acid groups (broad SMARTS) is 1. The Balaban J connectivity index is 0.000000553. The predicted octanol–water partition coefficient (Wildman–Crippen LogP) is 2.96. The van der Waals surface area contributed by atoms with E-state index in [1.54, 1.807) is 48.5 Å². The Bertz CT molecular complexity index is 881. The summed E-state index contributed by atoms with van der Waals surface area (Å²) in [5, 5.41) is 18.4. The SMILES string of the molecule is C=C(CF)C(=O)O.C=CC(=O)OC(O)(COc1ccccc1)C(=O)c1ccccc1. The van der Waals surface area contributed by atoms with E-state index in [0.29, 0.717) is 5.75 Å². The zero-order valence-electron chi connectivity index (χ0n) is 16.0. The van der Waals surface area contributed by atoms with Crippen molar-refractivity contribution in [3.05, 3.63) is 91.0 Å². The number of hydrogen-bond acceptors (Lipinski definition) is 6. The number of esters is 1. The van der Waals surface area contributed by atoms with E-state index in [2.05, 4.69) is 13.2 Å². The molecule has 0 amide bonds. The van der Waals surface area contributed by atoms with E-state index < -0.39 is 42.4 Å². The van der Waals surface area contributed by atoms with Crippen LogP contribution in [-0.4, -0.2) is 47.0 Å². The molecule has 0 fully saturated rings. The maximum Gasteiger partial charge on any atom is 0.333 e. The van der Waals surface area contributed by atoms with Crippen molar-refractivity contribution in [3.63, 3.8) is 0 Å². The number of para-hydroxylation sites is 1. The number of ketones is 1. The van der Waals surface area contributed by atoms with Crippen LogP contribution in [0.2, 0.25) is 0 Å². The summed E-state index contributed by atoms with van der Waals surface area (Å²) < 4.78 is 21.4. The Kier molecular flexibility index (Phi) is 9.64. The van der Waals surface area contributed by atoms with E-state index in [0.717, 1.165) is 6.08 Å². The molecule has 1 atom stereocenters. The number of aliphatic hydroxyl groups is 1. The zero-order valence-corrected chi connectivity index (χ0v) is 16.0. The summed E-state index contributed by atoms with van der Waals surface area (Å²) in [6.45, 7) is 4.64. The maximum absolute atomic E-state index is 12.5. The van der Waals surface area contributed by atoms with Crippen molar-refractivity contribution in [1.82, 2.24) is 0 Å². The molecule has 0 saturated heterocycles. The van der Waals surface area contributed by atoms with Gasteiger partial charge in [-0.1, -0.05) is 61.7 Å². The first-order chi connectivity index (χ1) is 14.2. The highest BCUT2D eigenvalue weighted by molar-refractivity contribution is 6.02. The first-order valence-corrected chi connectivity index (χ1v) is 8.56. The normalized spacial score (nSPS) is 11.7. The van der Waals surface area contributed by atoms with Gasteiger partial charge in [-0.25, -0.2) is 14.0 Å². The number of carbonyl (C=O) groups is 3. The smallest absolute Gasteiger partial charge is 0.333 e. The van der Waals surface area contributed by atoms with Crippen molar-refractivity contribution in [3.8, 4) is 5.75 Å². The summed E-state index contributed by atoms with van der Waals surface area (Å²) in [6, 6.07) is 16.6. The molecule has 8 heteroatoms. The summed E-state index contributed by atoms with van der Waals surface area (Å²) in [7, 11) is 0. The van der Waals surface area contributed by atoms with Crippen molar-refractivity contribution in [2.45, 2.75) is 5.79 Å². The number of alkyl halides is 1. The molecule has 0 spiro atoms. The van der Waals surface area contributed by atoms with E-state index in [9.17, 15) is 23.9 Å². The average molecular weight is 416 g/mol. The molecule has 1 unspecified atom stereocenters. The molecule has 0 aliphatic heterocycles. The fraction of sp³-hybridized carbons (Fsp3) is 0.136. The number of halogens is 1. The number of hydrogen-bond donors (Lipinski definition) is 2. The Hall–Kier alpha value is -3.78. The molecule has 2 N–H and O–H groups in total. The number of carboxylic acids is 1. The number of benzene rings is 2. The van der Waals surface area contributed by atoms with Gasteiger partial charge in [-0.3, -0.25) is 4.79 Å². The van der Waals surface area contributed by atoms with Crippen LogP contribution in [0.25, 0.3) is 0 Å². The molecular formula is C22H21FO7. The van der Waals surface area contributed by atoms with Gasteiger partial charge in [0.25, 0.3) is 0 Å². The van der Waals surface area contributed by atoms with Crippen LogP contribution in [0.1, 0.15) is 10.4 Å². The Morgan fingerprint density at radius 1 is 1.03 bits per heavy atom. The number of Topliss-reactive ketones (excluding diaryl/α,β-unsaturated/α-hetero) is 1. The molecule has 30 heavy (non-hydrogen) atoms. The summed E-state index contributed by atoms with van der Waals surface area (Å²) in [5.41, 5.74) is -0.205. The van der Waals surface area contributed by atoms with E-state index >= 15 is 0 Å². The van der Waals surface area contributed by atoms with Gasteiger partial charge in [-0.15, -0.1) is 0 Å². The lowest BCUT2D eigenvalue weighted by Crippen LogP contribution is -2.48. The maximum atomic E-state index is 12.5. The summed E-state index contributed by atoms with van der Waals surface area (Å²) in [6.07, 6.45) is 0.867. The van der Waals surface area contributed by atoms with Crippen LogP contribution in [0.4, 0.5) is 4.39 Å². The van der Waals surface area contributed by atoms with E-state index in [-0.39, 0.29) is 5.56 Å². The number of aliphatic carboxylic acids is 1. The zero-order chi connectivity index (χ0) is 22.6. The minimum Gasteiger partial charge on any atom is -0.486 e. The Morgan fingerprint density at radius 3 is 2.00 bits per heavy atom. The van der Waals surface area contributed by atoms with Gasteiger partial charge in [0.1, 0.15) is 12.4 Å². The molecule has 0 heterocycles. The molecule has 7 nitrogen and oxygen atoms in total. The van der Waals surface area contributed by atoms with Gasteiger partial charge in [-0.05, 0) is 12.1 Å². The first kappa shape index (κ1) is 24.3. The van der Waals surface area contributed by atoms with Crippen LogP contribution >= 0.6 is 0 Å². The van der Waals surface area contributed by atoms with E-state index in [1.807, 2.05) is 0 Å². The third kappa shape index (κ3) is 7.69. The molecule has 0 saturated carbocycles. The second-order valence-electron chi connectivity index (χ2n) is 5.75. The Labute approximate surface area is 172 Å². The summed E-state index contributed by atoms with van der Waals surface area (Å²) in [5.74, 6) is -4.98. The lowest BCUT2D eigenvalue weighted by molar-refractivity contribution is -0.192. The fourth-order valence-corrected chi connectivity index (χ4v) is 1.92. The minimum atomic E-state index is -2.44. The lowest BCUT2D eigenvalue weighted by Gasteiger charge is -2.25. The number of rotatable bonds is 9. The molecular weight excluding hydrogens is 395 g/mol. The third-order valence-corrected chi connectivity index (χ3v) is 3.47. The quantitative estimate of drug-likeness (QED) is 0.280. The second-order valence-corrected chi connectivity index (χ2v) is 5.75. The molecule has 0 radical (unpaired) electrons. The number of ether oxygens (including phenoxy) is 2. The molecule has 0 aliphatic carbocycles. The summed E-state index contributed by atoms with van der Waals surface area (Å²) >= 11 is 0. The minimum absolute atomic E-state index is 0.198. The highest BCUT2D eigenvalue weighted by Gasteiger charge is 2.41. The van der Waals surface area contributed by atoms with Crippen LogP contribution in [0.3, 0.4) is 0 Å². The standard InChI is InChI=1S/C18H16O5.C4H5FO2/c1-2-16(19)23-18(21,13-22-15-11-7-4-8-12-15)17(20)14-9-5-3-6-10-14;1-3(2-5)4(6)7/h2-12,21H,1,13H2;1-2H2,(H,6,7). The van der Waals surface area contributed by atoms with Gasteiger partial charge >= 0.3 is 17.7 Å². The van der Waals surface area contributed by atoms with Crippen molar-refractivity contribution >= 4 is 17.7 Å². The van der Waals surface area contributed by atoms with E-state index in [4.69, 9.17) is 14.6 Å². The van der Waals surface area contributed by atoms with Crippen LogP contribution in [0, 0.1) is 0 Å². The largest absolute Gasteiger partial charge is 0.486 e. The van der Waals surface area contributed by atoms with E-state index in [1.165, 1.54) is 12.1 Å². The monoisotopic (exact) mass is 416 g/mol. The molecule has 2 rings (SSSR count). The van der Waals surface area contributed by atoms with Crippen molar-refractivity contribution in [1.29, 1.82) is 0 Å². The fourth-order valence-electron chi connectivity index (χ4n) is 1.92. The lowest BCUT2D eigenvalue weighted by atomic mass is 10.0. The third-order valence-electron chi connectivity index (χ3n) is 3.47. The molecule has 0 bridgehead atoms. The highest BCUT2D eigenvalue weighted by atomic mass is 19.1. The highest BCUT2D eigenvalue weighted by Crippen LogP contribution is 2.19. The number of carbonyl (C=O) groups excluding carboxylic acids is 2. The van der Waals surface area contributed by atoms with Crippen molar-refractivity contribution in [2.75, 3.05) is 13.3 Å². The molecule has 158 valence electrons.